The molecule has 3 aromatic rings. The average Bonchev–Trinajstić information content (AvgIpc) is 3.31. The first-order valence-corrected chi connectivity index (χ1v) is 9.89. The number of anilines is 1. The summed E-state index contributed by atoms with van der Waals surface area (Å²) in [6, 6.07) is 17.2. The van der Waals surface area contributed by atoms with Crippen LogP contribution in [0.15, 0.2) is 73.1 Å². The molecule has 4 rings (SSSR count). The molecule has 0 atom stereocenters. The molecule has 2 heterocycles. The van der Waals surface area contributed by atoms with Crippen molar-refractivity contribution in [3.63, 3.8) is 0 Å². The molecule has 0 radical (unpaired) electrons. The van der Waals surface area contributed by atoms with Gasteiger partial charge in [-0.05, 0) is 54.6 Å². The second kappa shape index (κ2) is 8.92. The molecule has 0 unspecified atom stereocenters. The Bertz CT molecular complexity index is 1010. The predicted octanol–water partition coefficient (Wildman–Crippen LogP) is 3.01. The van der Waals surface area contributed by atoms with Gasteiger partial charge >= 0.3 is 0 Å². The number of halogens is 1. The number of piperazine rings is 1. The van der Waals surface area contributed by atoms with Crippen LogP contribution in [0.5, 0.6) is 0 Å². The molecular weight excluding hydrogens is 383 g/mol. The quantitative estimate of drug-likeness (QED) is 0.709. The largest absolute Gasteiger partial charge is 0.336 e. The van der Waals surface area contributed by atoms with E-state index in [1.807, 2.05) is 63.2 Å². The highest BCUT2D eigenvalue weighted by molar-refractivity contribution is 5.95. The van der Waals surface area contributed by atoms with E-state index in [0.717, 1.165) is 5.69 Å². The number of nitrogens with zero attached hydrogens (tertiary/aromatic N) is 3. The molecule has 1 aliphatic heterocycles. The number of carbonyl (C=O) groups is 2. The summed E-state index contributed by atoms with van der Waals surface area (Å²) < 4.78 is 14.9. The summed E-state index contributed by atoms with van der Waals surface area (Å²) in [5.74, 6) is -0.493. The fourth-order valence-corrected chi connectivity index (χ4v) is 3.53. The Morgan fingerprint density at radius 3 is 2.30 bits per heavy atom. The van der Waals surface area contributed by atoms with Gasteiger partial charge in [-0.3, -0.25) is 14.5 Å². The summed E-state index contributed by atoms with van der Waals surface area (Å²) >= 11 is 0. The molecule has 2 amide bonds. The maximum Gasteiger partial charge on any atom is 0.254 e. The zero-order valence-electron chi connectivity index (χ0n) is 16.5. The molecule has 30 heavy (non-hydrogen) atoms. The number of benzene rings is 2. The fraction of sp³-hybridized carbons (Fsp3) is 0.217. The number of amides is 2. The first-order chi connectivity index (χ1) is 14.6. The standard InChI is InChI=1S/C23H23FN4O2/c24-19-6-8-20(9-7-19)25-22(29)17-26-12-14-28(15-13-26)23(30)18-4-3-5-21(16-18)27-10-1-2-11-27/h1-11,16H,12-15,17H2,(H,25,29). The van der Waals surface area contributed by atoms with Crippen molar-refractivity contribution in [1.29, 1.82) is 0 Å². The summed E-state index contributed by atoms with van der Waals surface area (Å²) in [7, 11) is 0. The van der Waals surface area contributed by atoms with E-state index in [0.29, 0.717) is 37.4 Å². The Kier molecular flexibility index (Phi) is 5.90. The smallest absolute Gasteiger partial charge is 0.254 e. The van der Waals surface area contributed by atoms with Crippen LogP contribution in [0.1, 0.15) is 10.4 Å². The Hall–Kier alpha value is -3.45. The van der Waals surface area contributed by atoms with E-state index in [1.54, 1.807) is 0 Å². The Morgan fingerprint density at radius 1 is 0.900 bits per heavy atom. The van der Waals surface area contributed by atoms with Gasteiger partial charge in [0.2, 0.25) is 5.91 Å². The molecule has 1 aliphatic rings. The topological polar surface area (TPSA) is 57.6 Å². The zero-order valence-corrected chi connectivity index (χ0v) is 16.5. The van der Waals surface area contributed by atoms with Gasteiger partial charge in [-0.1, -0.05) is 6.07 Å². The molecule has 7 heteroatoms. The Labute approximate surface area is 174 Å². The molecule has 154 valence electrons. The maximum absolute atomic E-state index is 13.0. The number of aromatic nitrogens is 1. The van der Waals surface area contributed by atoms with Crippen LogP contribution in [0.3, 0.4) is 0 Å². The van der Waals surface area contributed by atoms with Gasteiger partial charge in [0.15, 0.2) is 0 Å². The summed E-state index contributed by atoms with van der Waals surface area (Å²) in [6.07, 6.45) is 3.89. The van der Waals surface area contributed by atoms with Gasteiger partial charge in [-0.2, -0.15) is 0 Å². The number of nitrogens with one attached hydrogen (secondary N) is 1. The van der Waals surface area contributed by atoms with Crippen molar-refractivity contribution >= 4 is 17.5 Å². The lowest BCUT2D eigenvalue weighted by molar-refractivity contribution is -0.117. The maximum atomic E-state index is 13.0. The van der Waals surface area contributed by atoms with E-state index < -0.39 is 0 Å². The fourth-order valence-electron chi connectivity index (χ4n) is 3.53. The minimum atomic E-state index is -0.340. The van der Waals surface area contributed by atoms with Gasteiger partial charge in [0, 0.05) is 55.5 Å². The SMILES string of the molecule is O=C(CN1CCN(C(=O)c2cccc(-n3cccc3)c2)CC1)Nc1ccc(F)cc1. The van der Waals surface area contributed by atoms with Crippen molar-refractivity contribution in [2.75, 3.05) is 38.0 Å². The van der Waals surface area contributed by atoms with E-state index in [9.17, 15) is 14.0 Å². The summed E-state index contributed by atoms with van der Waals surface area (Å²) in [4.78, 5) is 29.0. The Balaban J connectivity index is 1.30. The monoisotopic (exact) mass is 406 g/mol. The highest BCUT2D eigenvalue weighted by atomic mass is 19.1. The second-order valence-electron chi connectivity index (χ2n) is 7.26. The van der Waals surface area contributed by atoms with Crippen LogP contribution in [0, 0.1) is 5.82 Å². The van der Waals surface area contributed by atoms with Crippen LogP contribution in [0.25, 0.3) is 5.69 Å². The van der Waals surface area contributed by atoms with Crippen molar-refractivity contribution < 1.29 is 14.0 Å². The second-order valence-corrected chi connectivity index (χ2v) is 7.26. The highest BCUT2D eigenvalue weighted by Crippen LogP contribution is 2.15. The molecule has 0 spiro atoms. The van der Waals surface area contributed by atoms with E-state index in [1.165, 1.54) is 24.3 Å². The van der Waals surface area contributed by atoms with Crippen LogP contribution in [-0.2, 0) is 4.79 Å². The molecular formula is C23H23FN4O2. The van der Waals surface area contributed by atoms with Crippen molar-refractivity contribution in [3.8, 4) is 5.69 Å². The van der Waals surface area contributed by atoms with Crippen LogP contribution < -0.4 is 5.32 Å². The van der Waals surface area contributed by atoms with Crippen LogP contribution >= 0.6 is 0 Å². The third-order valence-corrected chi connectivity index (χ3v) is 5.15. The predicted molar refractivity (Wildman–Crippen MR) is 113 cm³/mol. The number of hydrogen-bond acceptors (Lipinski definition) is 3. The Morgan fingerprint density at radius 2 is 1.60 bits per heavy atom. The van der Waals surface area contributed by atoms with Gasteiger partial charge in [0.05, 0.1) is 6.54 Å². The van der Waals surface area contributed by atoms with E-state index in [4.69, 9.17) is 0 Å². The van der Waals surface area contributed by atoms with Crippen molar-refractivity contribution in [3.05, 3.63) is 84.4 Å². The lowest BCUT2D eigenvalue weighted by Gasteiger charge is -2.34. The zero-order chi connectivity index (χ0) is 20.9. The van der Waals surface area contributed by atoms with Gasteiger partial charge in [0.25, 0.3) is 5.91 Å². The molecule has 0 saturated carbocycles. The third-order valence-electron chi connectivity index (χ3n) is 5.15. The van der Waals surface area contributed by atoms with Crippen molar-refractivity contribution in [2.45, 2.75) is 0 Å². The number of hydrogen-bond donors (Lipinski definition) is 1. The molecule has 2 aromatic carbocycles. The van der Waals surface area contributed by atoms with Crippen LogP contribution in [0.2, 0.25) is 0 Å². The summed E-state index contributed by atoms with van der Waals surface area (Å²) in [6.45, 7) is 2.62. The first kappa shape index (κ1) is 19.8. The van der Waals surface area contributed by atoms with Gasteiger partial charge in [-0.25, -0.2) is 4.39 Å². The molecule has 0 aliphatic carbocycles. The summed E-state index contributed by atoms with van der Waals surface area (Å²) in [5.41, 5.74) is 2.17. The lowest BCUT2D eigenvalue weighted by atomic mass is 10.1. The van der Waals surface area contributed by atoms with Crippen LogP contribution in [0.4, 0.5) is 10.1 Å². The lowest BCUT2D eigenvalue weighted by Crippen LogP contribution is -2.50. The van der Waals surface area contributed by atoms with E-state index >= 15 is 0 Å². The normalized spacial score (nSPS) is 14.5. The average molecular weight is 406 g/mol. The third kappa shape index (κ3) is 4.75. The number of carbonyl (C=O) groups excluding carboxylic acids is 2. The molecule has 1 fully saturated rings. The van der Waals surface area contributed by atoms with Crippen LogP contribution in [-0.4, -0.2) is 58.9 Å². The molecule has 6 nitrogen and oxygen atoms in total. The summed E-state index contributed by atoms with van der Waals surface area (Å²) in [5, 5.41) is 2.77. The molecule has 1 N–H and O–H groups in total. The van der Waals surface area contributed by atoms with E-state index in [-0.39, 0.29) is 24.2 Å². The van der Waals surface area contributed by atoms with E-state index in [2.05, 4.69) is 5.32 Å². The van der Waals surface area contributed by atoms with Crippen molar-refractivity contribution in [1.82, 2.24) is 14.4 Å². The highest BCUT2D eigenvalue weighted by Gasteiger charge is 2.23. The first-order valence-electron chi connectivity index (χ1n) is 9.89. The molecule has 1 aromatic heterocycles. The number of rotatable bonds is 5. The molecule has 0 bridgehead atoms. The van der Waals surface area contributed by atoms with Gasteiger partial charge in [0.1, 0.15) is 5.82 Å². The minimum Gasteiger partial charge on any atom is -0.336 e. The van der Waals surface area contributed by atoms with Gasteiger partial charge < -0.3 is 14.8 Å². The van der Waals surface area contributed by atoms with Gasteiger partial charge in [-0.15, -0.1) is 0 Å². The minimum absolute atomic E-state index is 0.000537. The molecule has 1 saturated heterocycles. The van der Waals surface area contributed by atoms with Crippen molar-refractivity contribution in [2.24, 2.45) is 0 Å².